The van der Waals surface area contributed by atoms with Gasteiger partial charge in [-0.15, -0.1) is 0 Å². The fourth-order valence-corrected chi connectivity index (χ4v) is 5.59. The smallest absolute Gasteiger partial charge is 0.411 e. The second kappa shape index (κ2) is 7.70. The standard InChI is InChI=1S/C28H30N2O2/c1-27(20-10-6-4-7-11-20)14-16-30-17-15-28(2,21-12-8-5-9-13-21)24-19-22(29-26(31)32-3)18-23(27)25(24)30/h4-13,18-19H,14-17H2,1-3H3,(H,29,31)/t27-,28+. The van der Waals surface area contributed by atoms with E-state index in [2.05, 4.69) is 96.9 Å². The molecular weight excluding hydrogens is 396 g/mol. The molecule has 0 radical (unpaired) electrons. The Balaban J connectivity index is 1.77. The number of hydrogen-bond donors (Lipinski definition) is 1. The van der Waals surface area contributed by atoms with Gasteiger partial charge in [0.25, 0.3) is 0 Å². The molecular formula is C28H30N2O2. The van der Waals surface area contributed by atoms with Gasteiger partial charge in [-0.25, -0.2) is 4.79 Å². The monoisotopic (exact) mass is 426 g/mol. The first-order valence-corrected chi connectivity index (χ1v) is 11.4. The summed E-state index contributed by atoms with van der Waals surface area (Å²) < 4.78 is 4.92. The van der Waals surface area contributed by atoms with E-state index in [9.17, 15) is 4.79 Å². The van der Waals surface area contributed by atoms with Gasteiger partial charge in [0.05, 0.1) is 7.11 Å². The number of nitrogens with one attached hydrogen (secondary N) is 1. The van der Waals surface area contributed by atoms with E-state index in [1.54, 1.807) is 0 Å². The lowest BCUT2D eigenvalue weighted by atomic mass is 9.64. The summed E-state index contributed by atoms with van der Waals surface area (Å²) in [5.41, 5.74) is 7.03. The molecule has 0 unspecified atom stereocenters. The molecule has 164 valence electrons. The van der Waals surface area contributed by atoms with Crippen LogP contribution in [0.3, 0.4) is 0 Å². The normalized spacial score (nSPS) is 23.9. The second-order valence-electron chi connectivity index (χ2n) is 9.42. The minimum atomic E-state index is -0.441. The van der Waals surface area contributed by atoms with Crippen LogP contribution in [0.25, 0.3) is 0 Å². The van der Waals surface area contributed by atoms with E-state index in [-0.39, 0.29) is 10.8 Å². The predicted octanol–water partition coefficient (Wildman–Crippen LogP) is 6.09. The van der Waals surface area contributed by atoms with E-state index in [1.165, 1.54) is 35.1 Å². The topological polar surface area (TPSA) is 41.6 Å². The van der Waals surface area contributed by atoms with Crippen molar-refractivity contribution < 1.29 is 9.53 Å². The molecule has 0 saturated carbocycles. The van der Waals surface area contributed by atoms with Crippen molar-refractivity contribution in [1.82, 2.24) is 0 Å². The maximum atomic E-state index is 12.1. The van der Waals surface area contributed by atoms with Crippen LogP contribution in [0, 0.1) is 0 Å². The summed E-state index contributed by atoms with van der Waals surface area (Å²) in [6.45, 7) is 6.73. The average molecular weight is 427 g/mol. The first kappa shape index (κ1) is 20.6. The molecule has 32 heavy (non-hydrogen) atoms. The number of nitrogens with zero attached hydrogens (tertiary/aromatic N) is 1. The first-order valence-electron chi connectivity index (χ1n) is 11.4. The highest BCUT2D eigenvalue weighted by atomic mass is 16.5. The van der Waals surface area contributed by atoms with Crippen LogP contribution in [-0.2, 0) is 15.6 Å². The Morgan fingerprint density at radius 2 is 1.31 bits per heavy atom. The SMILES string of the molecule is COC(=O)Nc1cc2c3c(c1)[C@@](C)(c1ccccc1)CCN3CC[C@@]2(C)c1ccccc1. The van der Waals surface area contributed by atoms with Crippen molar-refractivity contribution in [3.8, 4) is 0 Å². The Morgan fingerprint density at radius 3 is 1.75 bits per heavy atom. The van der Waals surface area contributed by atoms with Gasteiger partial charge < -0.3 is 9.64 Å². The molecule has 0 bridgehead atoms. The number of rotatable bonds is 3. The van der Waals surface area contributed by atoms with Crippen LogP contribution in [0.5, 0.6) is 0 Å². The third kappa shape index (κ3) is 3.17. The highest BCUT2D eigenvalue weighted by Crippen LogP contribution is 2.54. The quantitative estimate of drug-likeness (QED) is 0.551. The Kier molecular flexibility index (Phi) is 4.96. The molecule has 5 rings (SSSR count). The summed E-state index contributed by atoms with van der Waals surface area (Å²) in [6.07, 6.45) is 1.63. The average Bonchev–Trinajstić information content (AvgIpc) is 2.84. The summed E-state index contributed by atoms with van der Waals surface area (Å²) in [5, 5.41) is 2.95. The molecule has 4 nitrogen and oxygen atoms in total. The van der Waals surface area contributed by atoms with Crippen molar-refractivity contribution in [2.24, 2.45) is 0 Å². The van der Waals surface area contributed by atoms with E-state index < -0.39 is 6.09 Å². The van der Waals surface area contributed by atoms with Crippen molar-refractivity contribution >= 4 is 17.5 Å². The van der Waals surface area contributed by atoms with E-state index in [1.807, 2.05) is 0 Å². The second-order valence-corrected chi connectivity index (χ2v) is 9.42. The molecule has 2 heterocycles. The Bertz CT molecular complexity index is 1070. The molecule has 1 N–H and O–H groups in total. The largest absolute Gasteiger partial charge is 0.453 e. The molecule has 2 atom stereocenters. The molecule has 3 aromatic rings. The third-order valence-corrected chi connectivity index (χ3v) is 7.63. The summed E-state index contributed by atoms with van der Waals surface area (Å²) in [7, 11) is 1.40. The van der Waals surface area contributed by atoms with Gasteiger partial charge >= 0.3 is 6.09 Å². The molecule has 0 saturated heterocycles. The molecule has 0 aliphatic carbocycles. The number of methoxy groups -OCH3 is 1. The van der Waals surface area contributed by atoms with Gasteiger partial charge in [0.1, 0.15) is 0 Å². The van der Waals surface area contributed by atoms with Gasteiger partial charge in [-0.2, -0.15) is 0 Å². The molecule has 0 aromatic heterocycles. The fraction of sp³-hybridized carbons (Fsp3) is 0.321. The lowest BCUT2D eigenvalue weighted by molar-refractivity contribution is 0.187. The third-order valence-electron chi connectivity index (χ3n) is 7.63. The number of carbonyl (C=O) groups excluding carboxylic acids is 1. The predicted molar refractivity (Wildman–Crippen MR) is 130 cm³/mol. The first-order chi connectivity index (χ1) is 15.5. The van der Waals surface area contributed by atoms with Crippen molar-refractivity contribution in [3.63, 3.8) is 0 Å². The van der Waals surface area contributed by atoms with Gasteiger partial charge in [-0.1, -0.05) is 74.5 Å². The molecule has 0 fully saturated rings. The lowest BCUT2D eigenvalue weighted by Crippen LogP contribution is -2.47. The van der Waals surface area contributed by atoms with Crippen LogP contribution in [0.15, 0.2) is 72.8 Å². The summed E-state index contributed by atoms with van der Waals surface area (Å²) >= 11 is 0. The maximum Gasteiger partial charge on any atom is 0.411 e. The van der Waals surface area contributed by atoms with Gasteiger partial charge in [0.2, 0.25) is 0 Å². The van der Waals surface area contributed by atoms with E-state index in [0.717, 1.165) is 31.6 Å². The number of amides is 1. The van der Waals surface area contributed by atoms with Crippen LogP contribution in [0.2, 0.25) is 0 Å². The number of ether oxygens (including phenoxy) is 1. The molecule has 3 aromatic carbocycles. The van der Waals surface area contributed by atoms with Crippen LogP contribution in [0.1, 0.15) is 48.9 Å². The van der Waals surface area contributed by atoms with Gasteiger partial charge in [-0.3, -0.25) is 5.32 Å². The molecule has 2 aliphatic heterocycles. The molecule has 0 spiro atoms. The highest BCUT2D eigenvalue weighted by Gasteiger charge is 2.45. The number of anilines is 2. The minimum absolute atomic E-state index is 0.134. The molecule has 1 amide bonds. The van der Waals surface area contributed by atoms with Crippen LogP contribution < -0.4 is 10.2 Å². The summed E-state index contributed by atoms with van der Waals surface area (Å²) in [6, 6.07) is 25.8. The molecule has 2 aliphatic rings. The number of hydrogen-bond acceptors (Lipinski definition) is 3. The molecule has 4 heteroatoms. The van der Waals surface area contributed by atoms with Crippen LogP contribution in [-0.4, -0.2) is 26.3 Å². The van der Waals surface area contributed by atoms with E-state index in [4.69, 9.17) is 4.74 Å². The Labute approximate surface area is 190 Å². The van der Waals surface area contributed by atoms with Crippen LogP contribution >= 0.6 is 0 Å². The summed E-state index contributed by atoms with van der Waals surface area (Å²) in [5.74, 6) is 0. The van der Waals surface area contributed by atoms with Gasteiger partial charge in [-0.05, 0) is 47.2 Å². The van der Waals surface area contributed by atoms with Crippen molar-refractivity contribution in [2.45, 2.75) is 37.5 Å². The van der Waals surface area contributed by atoms with Crippen molar-refractivity contribution in [3.05, 3.63) is 95.1 Å². The highest BCUT2D eigenvalue weighted by molar-refractivity contribution is 5.87. The van der Waals surface area contributed by atoms with Crippen molar-refractivity contribution in [2.75, 3.05) is 30.4 Å². The Hall–Kier alpha value is -3.27. The zero-order valence-electron chi connectivity index (χ0n) is 19.0. The maximum absolute atomic E-state index is 12.1. The lowest BCUT2D eigenvalue weighted by Gasteiger charge is -2.50. The zero-order chi connectivity index (χ0) is 22.3. The Morgan fingerprint density at radius 1 is 0.844 bits per heavy atom. The zero-order valence-corrected chi connectivity index (χ0v) is 19.0. The van der Waals surface area contributed by atoms with E-state index >= 15 is 0 Å². The fourth-order valence-electron chi connectivity index (χ4n) is 5.59. The minimum Gasteiger partial charge on any atom is -0.453 e. The summed E-state index contributed by atoms with van der Waals surface area (Å²) in [4.78, 5) is 14.7. The van der Waals surface area contributed by atoms with Crippen molar-refractivity contribution in [1.29, 1.82) is 0 Å². The van der Waals surface area contributed by atoms with E-state index in [0.29, 0.717) is 0 Å². The number of benzene rings is 3. The van der Waals surface area contributed by atoms with Crippen LogP contribution in [0.4, 0.5) is 16.2 Å². The number of carbonyl (C=O) groups is 1. The van der Waals surface area contributed by atoms with Gasteiger partial charge in [0.15, 0.2) is 0 Å². The van der Waals surface area contributed by atoms with Gasteiger partial charge in [0, 0.05) is 35.3 Å².